The smallest absolute Gasteiger partial charge is 0.226 e. The average Bonchev–Trinajstić information content (AvgIpc) is 2.59. The predicted octanol–water partition coefficient (Wildman–Crippen LogP) is 1.72. The first-order valence-corrected chi connectivity index (χ1v) is 10.1. The number of ether oxygens (including phenoxy) is 1. The van der Waals surface area contributed by atoms with Gasteiger partial charge in [0.25, 0.3) is 0 Å². The molecule has 24 heavy (non-hydrogen) atoms. The number of benzene rings is 1. The second kappa shape index (κ2) is 7.98. The summed E-state index contributed by atoms with van der Waals surface area (Å²) in [6, 6.07) is 7.69. The van der Waals surface area contributed by atoms with Crippen molar-refractivity contribution in [2.45, 2.75) is 26.3 Å². The van der Waals surface area contributed by atoms with Gasteiger partial charge >= 0.3 is 0 Å². The van der Waals surface area contributed by atoms with Gasteiger partial charge in [-0.25, -0.2) is 12.7 Å². The third-order valence-corrected chi connectivity index (χ3v) is 5.80. The highest BCUT2D eigenvalue weighted by Gasteiger charge is 2.31. The van der Waals surface area contributed by atoms with Crippen LogP contribution in [-0.4, -0.2) is 56.5 Å². The lowest BCUT2D eigenvalue weighted by Gasteiger charge is -2.32. The van der Waals surface area contributed by atoms with Gasteiger partial charge in [0.05, 0.1) is 13.4 Å². The van der Waals surface area contributed by atoms with Crippen LogP contribution < -0.4 is 4.74 Å². The summed E-state index contributed by atoms with van der Waals surface area (Å²) >= 11 is 0. The van der Waals surface area contributed by atoms with Crippen LogP contribution in [-0.2, 0) is 21.4 Å². The lowest BCUT2D eigenvalue weighted by atomic mass is 9.96. The Hall–Kier alpha value is -1.60. The molecular weight excluding hydrogens is 328 g/mol. The molecule has 0 spiro atoms. The van der Waals surface area contributed by atoms with E-state index in [0.717, 1.165) is 11.3 Å². The van der Waals surface area contributed by atoms with Crippen LogP contribution in [0, 0.1) is 5.92 Å². The highest BCUT2D eigenvalue weighted by molar-refractivity contribution is 7.88. The molecule has 1 fully saturated rings. The summed E-state index contributed by atoms with van der Waals surface area (Å²) in [5, 5.41) is 0. The number of carbonyl (C=O) groups excluding carboxylic acids is 1. The zero-order chi connectivity index (χ0) is 17.7. The van der Waals surface area contributed by atoms with Crippen molar-refractivity contribution >= 4 is 15.9 Å². The summed E-state index contributed by atoms with van der Waals surface area (Å²) in [7, 11) is -1.53. The van der Waals surface area contributed by atoms with E-state index < -0.39 is 10.0 Å². The molecule has 0 aromatic heterocycles. The molecule has 0 unspecified atom stereocenters. The Labute approximate surface area is 144 Å². The number of rotatable bonds is 6. The van der Waals surface area contributed by atoms with E-state index in [1.54, 1.807) is 7.11 Å². The Balaban J connectivity index is 1.96. The lowest BCUT2D eigenvalue weighted by molar-refractivity contribution is -0.137. The van der Waals surface area contributed by atoms with Crippen molar-refractivity contribution < 1.29 is 17.9 Å². The van der Waals surface area contributed by atoms with E-state index in [2.05, 4.69) is 0 Å². The average molecular weight is 354 g/mol. The van der Waals surface area contributed by atoms with Gasteiger partial charge in [0.1, 0.15) is 5.75 Å². The maximum atomic E-state index is 12.7. The molecule has 0 aliphatic carbocycles. The van der Waals surface area contributed by atoms with Gasteiger partial charge in [-0.05, 0) is 37.5 Å². The lowest BCUT2D eigenvalue weighted by Crippen LogP contribution is -2.43. The molecule has 0 radical (unpaired) electrons. The van der Waals surface area contributed by atoms with E-state index >= 15 is 0 Å². The van der Waals surface area contributed by atoms with Crippen LogP contribution in [0.4, 0.5) is 0 Å². The van der Waals surface area contributed by atoms with Crippen molar-refractivity contribution in [3.63, 3.8) is 0 Å². The maximum Gasteiger partial charge on any atom is 0.226 e. The van der Waals surface area contributed by atoms with Crippen molar-refractivity contribution in [2.24, 2.45) is 5.92 Å². The van der Waals surface area contributed by atoms with Crippen LogP contribution in [0.5, 0.6) is 5.75 Å². The third-order valence-electron chi connectivity index (χ3n) is 4.50. The fourth-order valence-electron chi connectivity index (χ4n) is 2.99. The molecule has 0 atom stereocenters. The Bertz CT molecular complexity index is 650. The van der Waals surface area contributed by atoms with Crippen LogP contribution in [0.3, 0.4) is 0 Å². The summed E-state index contributed by atoms with van der Waals surface area (Å²) in [4.78, 5) is 14.6. The van der Waals surface area contributed by atoms with Gasteiger partial charge in [-0.2, -0.15) is 0 Å². The Morgan fingerprint density at radius 2 is 1.83 bits per heavy atom. The predicted molar refractivity (Wildman–Crippen MR) is 93.2 cm³/mol. The number of methoxy groups -OCH3 is 1. The first-order chi connectivity index (χ1) is 11.3. The molecular formula is C17H26N2O4S. The van der Waals surface area contributed by atoms with E-state index in [9.17, 15) is 13.2 Å². The molecule has 7 heteroatoms. The summed E-state index contributed by atoms with van der Waals surface area (Å²) in [6.07, 6.45) is 2.40. The molecule has 6 nitrogen and oxygen atoms in total. The molecule has 0 bridgehead atoms. The van der Waals surface area contributed by atoms with E-state index in [1.165, 1.54) is 10.6 Å². The summed E-state index contributed by atoms with van der Waals surface area (Å²) < 4.78 is 29.7. The minimum atomic E-state index is -3.16. The van der Waals surface area contributed by atoms with E-state index in [4.69, 9.17) is 4.74 Å². The molecule has 1 aromatic carbocycles. The van der Waals surface area contributed by atoms with E-state index in [0.29, 0.717) is 39.0 Å². The van der Waals surface area contributed by atoms with Gasteiger partial charge < -0.3 is 9.64 Å². The van der Waals surface area contributed by atoms with Gasteiger partial charge in [-0.15, -0.1) is 0 Å². The Morgan fingerprint density at radius 3 is 2.29 bits per heavy atom. The number of hydrogen-bond acceptors (Lipinski definition) is 4. The molecule has 1 heterocycles. The number of nitrogens with zero attached hydrogens (tertiary/aromatic N) is 2. The third kappa shape index (κ3) is 4.70. The minimum Gasteiger partial charge on any atom is -0.497 e. The Kier molecular flexibility index (Phi) is 6.23. The molecule has 134 valence electrons. The van der Waals surface area contributed by atoms with E-state index in [1.807, 2.05) is 36.1 Å². The molecule has 0 N–H and O–H groups in total. The van der Waals surface area contributed by atoms with Gasteiger partial charge in [0.15, 0.2) is 0 Å². The van der Waals surface area contributed by atoms with E-state index in [-0.39, 0.29) is 11.8 Å². The molecule has 1 amide bonds. The number of carbonyl (C=O) groups is 1. The SMILES string of the molecule is CCN(Cc1ccc(OC)cc1)C(=O)C1CCN(S(C)(=O)=O)CC1. The number of piperidine rings is 1. The van der Waals surface area contributed by atoms with Gasteiger partial charge in [0.2, 0.25) is 15.9 Å². The molecule has 2 rings (SSSR count). The van der Waals surface area contributed by atoms with Crippen LogP contribution in [0.15, 0.2) is 24.3 Å². The van der Waals surface area contributed by atoms with Gasteiger partial charge in [-0.3, -0.25) is 4.79 Å². The fourth-order valence-corrected chi connectivity index (χ4v) is 3.86. The van der Waals surface area contributed by atoms with Crippen molar-refractivity contribution in [2.75, 3.05) is 33.0 Å². The molecule has 1 saturated heterocycles. The first-order valence-electron chi connectivity index (χ1n) is 8.22. The van der Waals surface area contributed by atoms with Gasteiger partial charge in [0, 0.05) is 32.1 Å². The fraction of sp³-hybridized carbons (Fsp3) is 0.588. The van der Waals surface area contributed by atoms with Crippen LogP contribution >= 0.6 is 0 Å². The monoisotopic (exact) mass is 354 g/mol. The normalized spacial score (nSPS) is 16.8. The topological polar surface area (TPSA) is 66.9 Å². The zero-order valence-corrected chi connectivity index (χ0v) is 15.4. The highest BCUT2D eigenvalue weighted by atomic mass is 32.2. The van der Waals surface area contributed by atoms with Crippen LogP contribution in [0.2, 0.25) is 0 Å². The molecule has 0 saturated carbocycles. The largest absolute Gasteiger partial charge is 0.497 e. The number of hydrogen-bond donors (Lipinski definition) is 0. The van der Waals surface area contributed by atoms with Crippen molar-refractivity contribution in [3.05, 3.63) is 29.8 Å². The summed E-state index contributed by atoms with van der Waals surface area (Å²) in [5.41, 5.74) is 1.06. The van der Waals surface area contributed by atoms with Crippen LogP contribution in [0.1, 0.15) is 25.3 Å². The zero-order valence-electron chi connectivity index (χ0n) is 14.6. The first kappa shape index (κ1) is 18.7. The molecule has 1 aliphatic rings. The minimum absolute atomic E-state index is 0.0961. The summed E-state index contributed by atoms with van der Waals surface area (Å²) in [5.74, 6) is 0.809. The summed E-state index contributed by atoms with van der Waals surface area (Å²) in [6.45, 7) is 4.01. The second-order valence-corrected chi connectivity index (χ2v) is 8.12. The van der Waals surface area contributed by atoms with Gasteiger partial charge in [-0.1, -0.05) is 12.1 Å². The quantitative estimate of drug-likeness (QED) is 0.780. The van der Waals surface area contributed by atoms with Crippen molar-refractivity contribution in [1.29, 1.82) is 0 Å². The highest BCUT2D eigenvalue weighted by Crippen LogP contribution is 2.22. The maximum absolute atomic E-state index is 12.7. The number of amides is 1. The Morgan fingerprint density at radius 1 is 1.25 bits per heavy atom. The molecule has 1 aliphatic heterocycles. The molecule has 1 aromatic rings. The van der Waals surface area contributed by atoms with Crippen molar-refractivity contribution in [1.82, 2.24) is 9.21 Å². The number of sulfonamides is 1. The second-order valence-electron chi connectivity index (χ2n) is 6.14. The van der Waals surface area contributed by atoms with Crippen LogP contribution in [0.25, 0.3) is 0 Å². The standard InChI is InChI=1S/C17H26N2O4S/c1-4-18(13-14-5-7-16(23-2)8-6-14)17(20)15-9-11-19(12-10-15)24(3,21)22/h5-8,15H,4,9-13H2,1-3H3. The van der Waals surface area contributed by atoms with Crippen molar-refractivity contribution in [3.8, 4) is 5.75 Å².